The quantitative estimate of drug-likeness (QED) is 0.696. The SMILES string of the molecule is CCCNC(=O)CN1CCCC(NCCC)C1=O. The molecule has 0 aromatic heterocycles. The summed E-state index contributed by atoms with van der Waals surface area (Å²) >= 11 is 0. The normalized spacial score (nSPS) is 20.0. The summed E-state index contributed by atoms with van der Waals surface area (Å²) in [5.41, 5.74) is 0. The predicted octanol–water partition coefficient (Wildman–Crippen LogP) is 0.503. The second kappa shape index (κ2) is 8.08. The molecule has 2 amide bonds. The molecular formula is C13H25N3O2. The Morgan fingerprint density at radius 1 is 1.33 bits per heavy atom. The lowest BCUT2D eigenvalue weighted by atomic mass is 10.0. The average molecular weight is 255 g/mol. The lowest BCUT2D eigenvalue weighted by Gasteiger charge is -2.32. The minimum atomic E-state index is -0.0994. The van der Waals surface area contributed by atoms with Crippen molar-refractivity contribution in [2.24, 2.45) is 0 Å². The van der Waals surface area contributed by atoms with Crippen LogP contribution in [0.25, 0.3) is 0 Å². The van der Waals surface area contributed by atoms with Crippen molar-refractivity contribution >= 4 is 11.8 Å². The number of amides is 2. The summed E-state index contributed by atoms with van der Waals surface area (Å²) < 4.78 is 0. The lowest BCUT2D eigenvalue weighted by molar-refractivity contribution is -0.140. The Morgan fingerprint density at radius 2 is 2.06 bits per heavy atom. The van der Waals surface area contributed by atoms with Crippen LogP contribution in [0.3, 0.4) is 0 Å². The van der Waals surface area contributed by atoms with Gasteiger partial charge in [0.2, 0.25) is 11.8 Å². The third kappa shape index (κ3) is 4.64. The van der Waals surface area contributed by atoms with Crippen molar-refractivity contribution in [2.75, 3.05) is 26.2 Å². The third-order valence-electron chi connectivity index (χ3n) is 3.08. The lowest BCUT2D eigenvalue weighted by Crippen LogP contribution is -2.53. The van der Waals surface area contributed by atoms with Crippen molar-refractivity contribution in [1.82, 2.24) is 15.5 Å². The number of piperidine rings is 1. The van der Waals surface area contributed by atoms with E-state index in [1.54, 1.807) is 4.90 Å². The van der Waals surface area contributed by atoms with E-state index in [1.165, 1.54) is 0 Å². The fourth-order valence-corrected chi connectivity index (χ4v) is 2.10. The molecule has 0 bridgehead atoms. The van der Waals surface area contributed by atoms with E-state index in [2.05, 4.69) is 17.6 Å². The number of rotatable bonds is 7. The highest BCUT2D eigenvalue weighted by Crippen LogP contribution is 2.11. The molecule has 0 saturated carbocycles. The molecule has 18 heavy (non-hydrogen) atoms. The highest BCUT2D eigenvalue weighted by Gasteiger charge is 2.28. The molecule has 1 unspecified atom stereocenters. The molecule has 5 nitrogen and oxygen atoms in total. The second-order valence-electron chi connectivity index (χ2n) is 4.76. The van der Waals surface area contributed by atoms with Gasteiger partial charge in [-0.1, -0.05) is 13.8 Å². The molecule has 1 rings (SSSR count). The van der Waals surface area contributed by atoms with Crippen molar-refractivity contribution in [3.63, 3.8) is 0 Å². The molecule has 0 aromatic rings. The van der Waals surface area contributed by atoms with Crippen LogP contribution in [-0.4, -0.2) is 48.9 Å². The second-order valence-corrected chi connectivity index (χ2v) is 4.76. The highest BCUT2D eigenvalue weighted by molar-refractivity contribution is 5.88. The van der Waals surface area contributed by atoms with E-state index in [9.17, 15) is 9.59 Å². The van der Waals surface area contributed by atoms with Gasteiger partial charge in [0, 0.05) is 13.1 Å². The predicted molar refractivity (Wildman–Crippen MR) is 71.2 cm³/mol. The van der Waals surface area contributed by atoms with Crippen molar-refractivity contribution in [2.45, 2.75) is 45.6 Å². The van der Waals surface area contributed by atoms with Crippen molar-refractivity contribution in [1.29, 1.82) is 0 Å². The molecule has 1 heterocycles. The van der Waals surface area contributed by atoms with Gasteiger partial charge in [-0.15, -0.1) is 0 Å². The number of carbonyl (C=O) groups is 2. The first kappa shape index (κ1) is 15.0. The van der Waals surface area contributed by atoms with Gasteiger partial charge in [0.05, 0.1) is 12.6 Å². The Morgan fingerprint density at radius 3 is 2.72 bits per heavy atom. The topological polar surface area (TPSA) is 61.4 Å². The van der Waals surface area contributed by atoms with Crippen molar-refractivity contribution in [3.05, 3.63) is 0 Å². The molecular weight excluding hydrogens is 230 g/mol. The number of hydrogen-bond acceptors (Lipinski definition) is 3. The standard InChI is InChI=1S/C13H25N3O2/c1-3-7-14-11-6-5-9-16(13(11)18)10-12(17)15-8-4-2/h11,14H,3-10H2,1-2H3,(H,15,17). The van der Waals surface area contributed by atoms with Gasteiger partial charge in [-0.25, -0.2) is 0 Å². The summed E-state index contributed by atoms with van der Waals surface area (Å²) in [4.78, 5) is 25.4. The van der Waals surface area contributed by atoms with Crippen LogP contribution >= 0.6 is 0 Å². The smallest absolute Gasteiger partial charge is 0.240 e. The van der Waals surface area contributed by atoms with Gasteiger partial charge in [0.1, 0.15) is 0 Å². The summed E-state index contributed by atoms with van der Waals surface area (Å²) in [6, 6.07) is -0.0994. The molecule has 0 radical (unpaired) electrons. The Balaban J connectivity index is 2.40. The summed E-state index contributed by atoms with van der Waals surface area (Å²) in [6.07, 6.45) is 3.78. The van der Waals surface area contributed by atoms with E-state index >= 15 is 0 Å². The molecule has 5 heteroatoms. The monoisotopic (exact) mass is 255 g/mol. The molecule has 1 atom stereocenters. The number of likely N-dealkylation sites (tertiary alicyclic amines) is 1. The van der Waals surface area contributed by atoms with Gasteiger partial charge in [-0.05, 0) is 32.2 Å². The van der Waals surface area contributed by atoms with E-state index in [0.717, 1.165) is 32.2 Å². The Kier molecular flexibility index (Phi) is 6.72. The van der Waals surface area contributed by atoms with Gasteiger partial charge < -0.3 is 15.5 Å². The minimum Gasteiger partial charge on any atom is -0.355 e. The maximum absolute atomic E-state index is 12.1. The Labute approximate surface area is 109 Å². The van der Waals surface area contributed by atoms with Gasteiger partial charge in [0.15, 0.2) is 0 Å². The zero-order valence-electron chi connectivity index (χ0n) is 11.5. The summed E-state index contributed by atoms with van der Waals surface area (Å²) in [6.45, 7) is 6.52. The van der Waals surface area contributed by atoms with Crippen LogP contribution in [0.1, 0.15) is 39.5 Å². The first-order chi connectivity index (χ1) is 8.69. The maximum atomic E-state index is 12.1. The van der Waals surface area contributed by atoms with E-state index in [-0.39, 0.29) is 24.4 Å². The maximum Gasteiger partial charge on any atom is 0.240 e. The first-order valence-electron chi connectivity index (χ1n) is 6.97. The van der Waals surface area contributed by atoms with Crippen LogP contribution in [0, 0.1) is 0 Å². The summed E-state index contributed by atoms with van der Waals surface area (Å²) in [5, 5.41) is 6.05. The number of carbonyl (C=O) groups excluding carboxylic acids is 2. The molecule has 1 saturated heterocycles. The summed E-state index contributed by atoms with van der Waals surface area (Å²) in [7, 11) is 0. The largest absolute Gasteiger partial charge is 0.355 e. The number of nitrogens with zero attached hydrogens (tertiary/aromatic N) is 1. The van der Waals surface area contributed by atoms with Crippen LogP contribution < -0.4 is 10.6 Å². The molecule has 0 aromatic carbocycles. The Hall–Kier alpha value is -1.10. The molecule has 0 spiro atoms. The van der Waals surface area contributed by atoms with Gasteiger partial charge in [0.25, 0.3) is 0 Å². The average Bonchev–Trinajstić information content (AvgIpc) is 2.37. The molecule has 1 aliphatic heterocycles. The Bertz CT molecular complexity index is 281. The van der Waals surface area contributed by atoms with Crippen LogP contribution in [0.2, 0.25) is 0 Å². The zero-order valence-corrected chi connectivity index (χ0v) is 11.5. The number of hydrogen-bond donors (Lipinski definition) is 2. The van der Waals surface area contributed by atoms with Gasteiger partial charge >= 0.3 is 0 Å². The number of nitrogens with one attached hydrogen (secondary N) is 2. The van der Waals surface area contributed by atoms with E-state index in [4.69, 9.17) is 0 Å². The van der Waals surface area contributed by atoms with Gasteiger partial charge in [-0.2, -0.15) is 0 Å². The molecule has 0 aliphatic carbocycles. The van der Waals surface area contributed by atoms with Crippen molar-refractivity contribution < 1.29 is 9.59 Å². The fraction of sp³-hybridized carbons (Fsp3) is 0.846. The molecule has 104 valence electrons. The van der Waals surface area contributed by atoms with E-state index in [0.29, 0.717) is 13.1 Å². The zero-order chi connectivity index (χ0) is 13.4. The molecule has 2 N–H and O–H groups in total. The summed E-state index contributed by atoms with van der Waals surface area (Å²) in [5.74, 6) is 0.0164. The van der Waals surface area contributed by atoms with Gasteiger partial charge in [-0.3, -0.25) is 9.59 Å². The van der Waals surface area contributed by atoms with Crippen LogP contribution in [0.5, 0.6) is 0 Å². The van der Waals surface area contributed by atoms with E-state index in [1.807, 2.05) is 6.92 Å². The van der Waals surface area contributed by atoms with Crippen LogP contribution in [0.4, 0.5) is 0 Å². The molecule has 1 aliphatic rings. The van der Waals surface area contributed by atoms with Crippen LogP contribution in [-0.2, 0) is 9.59 Å². The third-order valence-corrected chi connectivity index (χ3v) is 3.08. The van der Waals surface area contributed by atoms with Crippen molar-refractivity contribution in [3.8, 4) is 0 Å². The molecule has 1 fully saturated rings. The highest BCUT2D eigenvalue weighted by atomic mass is 16.2. The first-order valence-corrected chi connectivity index (χ1v) is 6.97. The fourth-order valence-electron chi connectivity index (χ4n) is 2.10. The van der Waals surface area contributed by atoms with E-state index < -0.39 is 0 Å². The minimum absolute atomic E-state index is 0.0543. The van der Waals surface area contributed by atoms with Crippen LogP contribution in [0.15, 0.2) is 0 Å².